The summed E-state index contributed by atoms with van der Waals surface area (Å²) in [5.41, 5.74) is 0. The van der Waals surface area contributed by atoms with Crippen molar-refractivity contribution in [1.82, 2.24) is 10.2 Å². The minimum absolute atomic E-state index is 0.742. The molecule has 1 aliphatic rings. The van der Waals surface area contributed by atoms with Gasteiger partial charge in [0.05, 0.1) is 0 Å². The van der Waals surface area contributed by atoms with Crippen molar-refractivity contribution in [2.24, 2.45) is 5.92 Å². The third kappa shape index (κ3) is 5.31. The van der Waals surface area contributed by atoms with Gasteiger partial charge in [-0.25, -0.2) is 0 Å². The molecule has 2 heteroatoms. The van der Waals surface area contributed by atoms with Crippen LogP contribution in [0.15, 0.2) is 0 Å². The molecule has 0 aromatic rings. The predicted octanol–water partition coefficient (Wildman–Crippen LogP) is 2.89. The maximum absolute atomic E-state index is 3.72. The molecule has 1 heterocycles. The van der Waals surface area contributed by atoms with E-state index in [2.05, 4.69) is 31.0 Å². The largest absolute Gasteiger partial charge is 0.314 e. The zero-order valence-corrected chi connectivity index (χ0v) is 11.5. The summed E-state index contributed by atoms with van der Waals surface area (Å²) in [6.45, 7) is 12.1. The van der Waals surface area contributed by atoms with Crippen molar-refractivity contribution in [2.75, 3.05) is 26.2 Å². The highest BCUT2D eigenvalue weighted by Crippen LogP contribution is 2.10. The third-order valence-corrected chi connectivity index (χ3v) is 3.65. The van der Waals surface area contributed by atoms with Crippen molar-refractivity contribution in [3.05, 3.63) is 0 Å². The molecule has 1 saturated heterocycles. The van der Waals surface area contributed by atoms with Gasteiger partial charge in [-0.05, 0) is 51.2 Å². The number of hydrogen-bond acceptors (Lipinski definition) is 2. The van der Waals surface area contributed by atoms with Crippen LogP contribution in [0.2, 0.25) is 0 Å². The highest BCUT2D eigenvalue weighted by Gasteiger charge is 2.15. The van der Waals surface area contributed by atoms with Crippen molar-refractivity contribution >= 4 is 0 Å². The highest BCUT2D eigenvalue weighted by atomic mass is 15.1. The van der Waals surface area contributed by atoms with E-state index in [4.69, 9.17) is 0 Å². The predicted molar refractivity (Wildman–Crippen MR) is 71.8 cm³/mol. The smallest absolute Gasteiger partial charge is 0.00644 e. The lowest BCUT2D eigenvalue weighted by molar-refractivity contribution is 0.275. The van der Waals surface area contributed by atoms with E-state index < -0.39 is 0 Å². The molecule has 2 nitrogen and oxygen atoms in total. The Morgan fingerprint density at radius 2 is 1.88 bits per heavy atom. The Balaban J connectivity index is 2.10. The van der Waals surface area contributed by atoms with Crippen LogP contribution >= 0.6 is 0 Å². The number of nitrogens with one attached hydrogen (secondary N) is 1. The topological polar surface area (TPSA) is 15.3 Å². The SMILES string of the molecule is CCCC(CC)NCC(C)CN1CCCC1. The lowest BCUT2D eigenvalue weighted by Gasteiger charge is -2.23. The monoisotopic (exact) mass is 226 g/mol. The minimum Gasteiger partial charge on any atom is -0.314 e. The van der Waals surface area contributed by atoms with Gasteiger partial charge >= 0.3 is 0 Å². The van der Waals surface area contributed by atoms with Gasteiger partial charge in [-0.3, -0.25) is 0 Å². The number of likely N-dealkylation sites (tertiary alicyclic amines) is 1. The summed E-state index contributed by atoms with van der Waals surface area (Å²) in [7, 11) is 0. The molecule has 1 aliphatic heterocycles. The minimum atomic E-state index is 0.742. The molecule has 0 spiro atoms. The van der Waals surface area contributed by atoms with Crippen molar-refractivity contribution in [3.8, 4) is 0 Å². The summed E-state index contributed by atoms with van der Waals surface area (Å²) in [5.74, 6) is 0.795. The third-order valence-electron chi connectivity index (χ3n) is 3.65. The molecule has 0 aromatic heterocycles. The summed E-state index contributed by atoms with van der Waals surface area (Å²) in [5, 5.41) is 3.72. The number of hydrogen-bond donors (Lipinski definition) is 1. The number of rotatable bonds is 8. The second-order valence-electron chi connectivity index (χ2n) is 5.41. The van der Waals surface area contributed by atoms with Gasteiger partial charge in [-0.2, -0.15) is 0 Å². The first-order chi connectivity index (χ1) is 7.76. The molecule has 0 radical (unpaired) electrons. The van der Waals surface area contributed by atoms with Gasteiger partial charge in [0, 0.05) is 12.6 Å². The summed E-state index contributed by atoms with van der Waals surface area (Å²) < 4.78 is 0. The van der Waals surface area contributed by atoms with Crippen LogP contribution in [0.5, 0.6) is 0 Å². The normalized spacial score (nSPS) is 21.2. The fraction of sp³-hybridized carbons (Fsp3) is 1.00. The fourth-order valence-electron chi connectivity index (χ4n) is 2.64. The van der Waals surface area contributed by atoms with Crippen molar-refractivity contribution < 1.29 is 0 Å². The van der Waals surface area contributed by atoms with Gasteiger partial charge in [0.2, 0.25) is 0 Å². The molecule has 0 amide bonds. The van der Waals surface area contributed by atoms with Crippen LogP contribution in [0.3, 0.4) is 0 Å². The van der Waals surface area contributed by atoms with Crippen LogP contribution in [0, 0.1) is 5.92 Å². The molecule has 0 saturated carbocycles. The standard InChI is InChI=1S/C14H30N2/c1-4-8-14(5-2)15-11-13(3)12-16-9-6-7-10-16/h13-15H,4-12H2,1-3H3. The van der Waals surface area contributed by atoms with Crippen molar-refractivity contribution in [2.45, 2.75) is 58.9 Å². The molecule has 0 aliphatic carbocycles. The molecule has 0 bridgehead atoms. The lowest BCUT2D eigenvalue weighted by atomic mass is 10.1. The summed E-state index contributed by atoms with van der Waals surface area (Å²) in [4.78, 5) is 2.62. The Bertz CT molecular complexity index is 164. The van der Waals surface area contributed by atoms with Crippen LogP contribution in [0.1, 0.15) is 52.9 Å². The second kappa shape index (κ2) is 8.08. The number of nitrogens with zero attached hydrogens (tertiary/aromatic N) is 1. The van der Waals surface area contributed by atoms with E-state index in [9.17, 15) is 0 Å². The summed E-state index contributed by atoms with van der Waals surface area (Å²) in [6.07, 6.45) is 6.71. The van der Waals surface area contributed by atoms with E-state index in [0.717, 1.165) is 12.0 Å². The molecule has 1 rings (SSSR count). The average molecular weight is 226 g/mol. The van der Waals surface area contributed by atoms with Gasteiger partial charge in [-0.15, -0.1) is 0 Å². The molecule has 96 valence electrons. The fourth-order valence-corrected chi connectivity index (χ4v) is 2.64. The average Bonchev–Trinajstić information content (AvgIpc) is 2.76. The maximum Gasteiger partial charge on any atom is 0.00644 e. The Labute approximate surface area is 102 Å². The van der Waals surface area contributed by atoms with E-state index in [1.165, 1.54) is 58.3 Å². The Kier molecular flexibility index (Phi) is 7.06. The van der Waals surface area contributed by atoms with E-state index >= 15 is 0 Å². The van der Waals surface area contributed by atoms with Crippen LogP contribution in [0.4, 0.5) is 0 Å². The first-order valence-corrected chi connectivity index (χ1v) is 7.22. The van der Waals surface area contributed by atoms with Crippen molar-refractivity contribution in [1.29, 1.82) is 0 Å². The zero-order chi connectivity index (χ0) is 11.8. The molecule has 1 fully saturated rings. The molecular weight excluding hydrogens is 196 g/mol. The van der Waals surface area contributed by atoms with Gasteiger partial charge in [-0.1, -0.05) is 27.2 Å². The van der Waals surface area contributed by atoms with Crippen LogP contribution in [-0.4, -0.2) is 37.1 Å². The van der Waals surface area contributed by atoms with Crippen LogP contribution in [0.25, 0.3) is 0 Å². The van der Waals surface area contributed by atoms with Crippen molar-refractivity contribution in [3.63, 3.8) is 0 Å². The van der Waals surface area contributed by atoms with E-state index in [1.54, 1.807) is 0 Å². The molecule has 16 heavy (non-hydrogen) atoms. The first-order valence-electron chi connectivity index (χ1n) is 7.22. The Morgan fingerprint density at radius 3 is 2.44 bits per heavy atom. The molecule has 0 aromatic carbocycles. The van der Waals surface area contributed by atoms with Crippen LogP contribution in [-0.2, 0) is 0 Å². The molecular formula is C14H30N2. The molecule has 2 unspecified atom stereocenters. The zero-order valence-electron chi connectivity index (χ0n) is 11.5. The van der Waals surface area contributed by atoms with Crippen LogP contribution < -0.4 is 5.32 Å². The lowest BCUT2D eigenvalue weighted by Crippen LogP contribution is -2.36. The van der Waals surface area contributed by atoms with E-state index in [-0.39, 0.29) is 0 Å². The summed E-state index contributed by atoms with van der Waals surface area (Å²) in [6, 6.07) is 0.742. The second-order valence-corrected chi connectivity index (χ2v) is 5.41. The Hall–Kier alpha value is -0.0800. The highest BCUT2D eigenvalue weighted by molar-refractivity contribution is 4.72. The molecule has 2 atom stereocenters. The first kappa shape index (κ1) is 14.0. The van der Waals surface area contributed by atoms with Gasteiger partial charge in [0.15, 0.2) is 0 Å². The van der Waals surface area contributed by atoms with Gasteiger partial charge < -0.3 is 10.2 Å². The maximum atomic E-state index is 3.72. The van der Waals surface area contributed by atoms with E-state index in [1.807, 2.05) is 0 Å². The summed E-state index contributed by atoms with van der Waals surface area (Å²) >= 11 is 0. The Morgan fingerprint density at radius 1 is 1.19 bits per heavy atom. The van der Waals surface area contributed by atoms with Gasteiger partial charge in [0.1, 0.15) is 0 Å². The van der Waals surface area contributed by atoms with Gasteiger partial charge in [0.25, 0.3) is 0 Å². The quantitative estimate of drug-likeness (QED) is 0.684. The van der Waals surface area contributed by atoms with E-state index in [0.29, 0.717) is 0 Å². The molecule has 1 N–H and O–H groups in total.